The topological polar surface area (TPSA) is 9.23 Å². The lowest BCUT2D eigenvalue weighted by atomic mass is 9.86. The average molecular weight is 281 g/mol. The van der Waals surface area contributed by atoms with Gasteiger partial charge in [0.2, 0.25) is 0 Å². The number of rotatable bonds is 3. The minimum atomic E-state index is 0.547. The molecule has 2 aliphatic rings. The monoisotopic (exact) mass is 280 g/mol. The summed E-state index contributed by atoms with van der Waals surface area (Å²) in [5, 5.41) is 0. The Balaban J connectivity index is 1.79. The molecule has 16 heavy (non-hydrogen) atoms. The number of hydrogen-bond donors (Lipinski definition) is 0. The number of hydrogen-bond acceptors (Lipinski definition) is 1. The summed E-state index contributed by atoms with van der Waals surface area (Å²) in [6.07, 6.45) is 4.02. The van der Waals surface area contributed by atoms with Crippen LogP contribution in [-0.4, -0.2) is 11.4 Å². The molecule has 1 fully saturated rings. The van der Waals surface area contributed by atoms with Gasteiger partial charge in [-0.05, 0) is 30.7 Å². The molecule has 2 heteroatoms. The van der Waals surface area contributed by atoms with E-state index in [9.17, 15) is 0 Å². The fraction of sp³-hybridized carbons (Fsp3) is 0.571. The molecule has 1 nitrogen and oxygen atoms in total. The van der Waals surface area contributed by atoms with Crippen LogP contribution < -0.4 is 4.74 Å². The van der Waals surface area contributed by atoms with Gasteiger partial charge in [-0.3, -0.25) is 0 Å². The van der Waals surface area contributed by atoms with E-state index in [0.29, 0.717) is 16.2 Å². The largest absolute Gasteiger partial charge is 0.493 e. The summed E-state index contributed by atoms with van der Waals surface area (Å²) >= 11 is 3.76. The van der Waals surface area contributed by atoms with Crippen molar-refractivity contribution in [2.24, 2.45) is 5.41 Å². The average Bonchev–Trinajstić information content (AvgIpc) is 2.96. The lowest BCUT2D eigenvalue weighted by molar-refractivity contribution is 0.300. The van der Waals surface area contributed by atoms with Crippen LogP contribution in [0, 0.1) is 5.41 Å². The summed E-state index contributed by atoms with van der Waals surface area (Å²) < 4.78 is 5.75. The first-order chi connectivity index (χ1) is 7.71. The van der Waals surface area contributed by atoms with Crippen molar-refractivity contribution >= 4 is 15.9 Å². The third-order valence-electron chi connectivity index (χ3n) is 4.19. The van der Waals surface area contributed by atoms with E-state index in [1.165, 1.54) is 24.8 Å². The van der Waals surface area contributed by atoms with Crippen molar-refractivity contribution in [1.29, 1.82) is 0 Å². The van der Waals surface area contributed by atoms with E-state index in [-0.39, 0.29) is 0 Å². The van der Waals surface area contributed by atoms with Gasteiger partial charge in [-0.15, -0.1) is 0 Å². The molecule has 0 saturated heterocycles. The number of fused-ring (bicyclic) bond motifs is 1. The Hall–Kier alpha value is -0.500. The van der Waals surface area contributed by atoms with Crippen LogP contribution in [0.15, 0.2) is 24.3 Å². The Morgan fingerprint density at radius 3 is 2.88 bits per heavy atom. The summed E-state index contributed by atoms with van der Waals surface area (Å²) in [6, 6.07) is 8.49. The van der Waals surface area contributed by atoms with Crippen LogP contribution in [0.3, 0.4) is 0 Å². The molecule has 1 aliphatic carbocycles. The van der Waals surface area contributed by atoms with Crippen molar-refractivity contribution in [1.82, 2.24) is 0 Å². The molecular weight excluding hydrogens is 264 g/mol. The number of halogens is 1. The van der Waals surface area contributed by atoms with Gasteiger partial charge in [0.15, 0.2) is 0 Å². The second kappa shape index (κ2) is 3.76. The van der Waals surface area contributed by atoms with Gasteiger partial charge in [0.05, 0.1) is 6.61 Å². The number of alkyl halides is 1. The quantitative estimate of drug-likeness (QED) is 0.757. The SMILES string of the molecule is CC(Br)C1(CC2COc3ccccc32)CC1. The number of benzene rings is 1. The fourth-order valence-corrected chi connectivity index (χ4v) is 3.46. The molecule has 0 N–H and O–H groups in total. The lowest BCUT2D eigenvalue weighted by Crippen LogP contribution is -2.17. The summed E-state index contributed by atoms with van der Waals surface area (Å²) in [5.74, 6) is 1.71. The van der Waals surface area contributed by atoms with Crippen molar-refractivity contribution in [3.8, 4) is 5.75 Å². The second-order valence-corrected chi connectivity index (χ2v) is 6.60. The van der Waals surface area contributed by atoms with Crippen molar-refractivity contribution in [2.75, 3.05) is 6.61 Å². The summed E-state index contributed by atoms with van der Waals surface area (Å²) in [4.78, 5) is 0.632. The zero-order valence-corrected chi connectivity index (χ0v) is 11.2. The normalized spacial score (nSPS) is 27.0. The van der Waals surface area contributed by atoms with Crippen LogP contribution in [0.2, 0.25) is 0 Å². The van der Waals surface area contributed by atoms with Gasteiger partial charge >= 0.3 is 0 Å². The molecule has 0 bridgehead atoms. The Kier molecular flexibility index (Phi) is 2.50. The molecule has 0 radical (unpaired) electrons. The first-order valence-corrected chi connectivity index (χ1v) is 6.99. The Labute approximate surface area is 105 Å². The molecule has 1 aliphatic heterocycles. The van der Waals surface area contributed by atoms with Crippen molar-refractivity contribution < 1.29 is 4.74 Å². The molecule has 1 saturated carbocycles. The van der Waals surface area contributed by atoms with E-state index in [1.807, 2.05) is 0 Å². The van der Waals surface area contributed by atoms with Gasteiger partial charge in [0.25, 0.3) is 0 Å². The van der Waals surface area contributed by atoms with Gasteiger partial charge in [0, 0.05) is 16.3 Å². The van der Waals surface area contributed by atoms with Crippen molar-refractivity contribution in [2.45, 2.75) is 36.9 Å². The fourth-order valence-electron chi connectivity index (χ4n) is 2.81. The predicted octanol–water partition coefficient (Wildman–Crippen LogP) is 4.12. The van der Waals surface area contributed by atoms with Crippen LogP contribution in [0.5, 0.6) is 5.75 Å². The smallest absolute Gasteiger partial charge is 0.122 e. The summed E-state index contributed by atoms with van der Waals surface area (Å²) in [6.45, 7) is 3.16. The highest BCUT2D eigenvalue weighted by atomic mass is 79.9. The first kappa shape index (κ1) is 10.6. The molecule has 2 unspecified atom stereocenters. The minimum absolute atomic E-state index is 0.547. The maximum Gasteiger partial charge on any atom is 0.122 e. The van der Waals surface area contributed by atoms with Crippen molar-refractivity contribution in [3.05, 3.63) is 29.8 Å². The number of ether oxygens (including phenoxy) is 1. The highest BCUT2D eigenvalue weighted by molar-refractivity contribution is 9.09. The highest BCUT2D eigenvalue weighted by Gasteiger charge is 2.48. The van der Waals surface area contributed by atoms with Gasteiger partial charge < -0.3 is 4.74 Å². The Bertz CT molecular complexity index is 395. The van der Waals surface area contributed by atoms with E-state index in [2.05, 4.69) is 47.1 Å². The Morgan fingerprint density at radius 2 is 2.19 bits per heavy atom. The maximum absolute atomic E-state index is 5.75. The maximum atomic E-state index is 5.75. The molecule has 0 spiro atoms. The third kappa shape index (κ3) is 1.67. The summed E-state index contributed by atoms with van der Waals surface area (Å²) in [7, 11) is 0. The highest BCUT2D eigenvalue weighted by Crippen LogP contribution is 2.58. The number of para-hydroxylation sites is 1. The van der Waals surface area contributed by atoms with E-state index in [4.69, 9.17) is 4.74 Å². The predicted molar refractivity (Wildman–Crippen MR) is 69.4 cm³/mol. The first-order valence-electron chi connectivity index (χ1n) is 6.07. The summed E-state index contributed by atoms with van der Waals surface area (Å²) in [5.41, 5.74) is 1.97. The van der Waals surface area contributed by atoms with Crippen LogP contribution in [0.1, 0.15) is 37.7 Å². The minimum Gasteiger partial charge on any atom is -0.493 e. The van der Waals surface area contributed by atoms with Crippen LogP contribution >= 0.6 is 15.9 Å². The molecular formula is C14H17BrO. The van der Waals surface area contributed by atoms with Crippen molar-refractivity contribution in [3.63, 3.8) is 0 Å². The van der Waals surface area contributed by atoms with Crippen LogP contribution in [-0.2, 0) is 0 Å². The van der Waals surface area contributed by atoms with E-state index < -0.39 is 0 Å². The molecule has 0 aromatic heterocycles. The lowest BCUT2D eigenvalue weighted by Gasteiger charge is -2.21. The molecule has 1 heterocycles. The molecule has 1 aromatic rings. The zero-order valence-electron chi connectivity index (χ0n) is 9.58. The standard InChI is InChI=1S/C14H17BrO/c1-10(15)14(6-7-14)8-11-9-16-13-5-3-2-4-12(11)13/h2-5,10-11H,6-9H2,1H3. The molecule has 2 atom stereocenters. The van der Waals surface area contributed by atoms with E-state index in [0.717, 1.165) is 12.4 Å². The van der Waals surface area contributed by atoms with Crippen LogP contribution in [0.4, 0.5) is 0 Å². The molecule has 1 aromatic carbocycles. The molecule has 86 valence electrons. The van der Waals surface area contributed by atoms with Gasteiger partial charge in [-0.25, -0.2) is 0 Å². The molecule has 3 rings (SSSR count). The third-order valence-corrected chi connectivity index (χ3v) is 5.16. The Morgan fingerprint density at radius 1 is 1.44 bits per heavy atom. The van der Waals surface area contributed by atoms with Gasteiger partial charge in [-0.2, -0.15) is 0 Å². The second-order valence-electron chi connectivity index (χ2n) is 5.23. The van der Waals surface area contributed by atoms with E-state index in [1.54, 1.807) is 0 Å². The molecule has 0 amide bonds. The zero-order chi connectivity index (χ0) is 11.2. The van der Waals surface area contributed by atoms with E-state index >= 15 is 0 Å². The van der Waals surface area contributed by atoms with Gasteiger partial charge in [0.1, 0.15) is 5.75 Å². The van der Waals surface area contributed by atoms with Crippen LogP contribution in [0.25, 0.3) is 0 Å². The van der Waals surface area contributed by atoms with Gasteiger partial charge in [-0.1, -0.05) is 41.1 Å².